The fourth-order valence-corrected chi connectivity index (χ4v) is 3.00. The van der Waals surface area contributed by atoms with Gasteiger partial charge in [0.1, 0.15) is 11.6 Å². The Morgan fingerprint density at radius 3 is 2.73 bits per heavy atom. The van der Waals surface area contributed by atoms with E-state index in [-0.39, 0.29) is 21.8 Å². The summed E-state index contributed by atoms with van der Waals surface area (Å²) in [4.78, 5) is 28.7. The first-order valence-corrected chi connectivity index (χ1v) is 8.15. The first kappa shape index (κ1) is 17.8. The Balaban J connectivity index is 2.36. The lowest BCUT2D eigenvalue weighted by molar-refractivity contribution is 0.190. The molecule has 8 heteroatoms. The molecule has 1 aromatic heterocycles. The third-order valence-electron chi connectivity index (χ3n) is 3.91. The molecule has 3 rings (SSSR count). The van der Waals surface area contributed by atoms with Crippen molar-refractivity contribution in [1.82, 2.24) is 14.9 Å². The second kappa shape index (κ2) is 7.05. The van der Waals surface area contributed by atoms with Crippen LogP contribution in [0.25, 0.3) is 16.6 Å². The number of methoxy groups -OCH3 is 1. The number of aromatic nitrogens is 2. The van der Waals surface area contributed by atoms with Crippen molar-refractivity contribution in [2.24, 2.45) is 0 Å². The zero-order valence-electron chi connectivity index (χ0n) is 14.1. The number of benzene rings is 2. The van der Waals surface area contributed by atoms with Crippen molar-refractivity contribution in [3.63, 3.8) is 0 Å². The Hall–Kier alpha value is -3.06. The number of hydrogen-bond donors (Lipinski definition) is 2. The lowest BCUT2D eigenvalue weighted by atomic mass is 10.2. The van der Waals surface area contributed by atoms with Crippen molar-refractivity contribution in [2.75, 3.05) is 7.11 Å². The molecule has 0 spiro atoms. The Bertz CT molecular complexity index is 1050. The number of halogens is 1. The average Bonchev–Trinajstić information content (AvgIpc) is 2.60. The molecule has 0 aliphatic rings. The minimum Gasteiger partial charge on any atom is -0.497 e. The maximum absolute atomic E-state index is 13.2. The molecule has 134 valence electrons. The topological polar surface area (TPSA) is 93.4 Å². The highest BCUT2D eigenvalue weighted by molar-refractivity contribution is 6.35. The van der Waals surface area contributed by atoms with Crippen LogP contribution in [0.3, 0.4) is 0 Å². The molecule has 0 fully saturated rings. The highest BCUT2D eigenvalue weighted by atomic mass is 35.5. The molecule has 7 nitrogen and oxygen atoms in total. The van der Waals surface area contributed by atoms with E-state index in [2.05, 4.69) is 10.3 Å². The van der Waals surface area contributed by atoms with E-state index in [9.17, 15) is 9.59 Å². The number of hydrogen-bond acceptors (Lipinski definition) is 4. The van der Waals surface area contributed by atoms with Crippen molar-refractivity contribution in [3.8, 4) is 11.4 Å². The molecule has 0 bridgehead atoms. The van der Waals surface area contributed by atoms with E-state index in [1.165, 1.54) is 11.7 Å². The largest absolute Gasteiger partial charge is 0.497 e. The number of fused-ring (bicyclic) bond motifs is 1. The first-order valence-electron chi connectivity index (χ1n) is 7.77. The van der Waals surface area contributed by atoms with Gasteiger partial charge >= 0.3 is 6.09 Å². The summed E-state index contributed by atoms with van der Waals surface area (Å²) in [6, 6.07) is 11.1. The van der Waals surface area contributed by atoms with Crippen LogP contribution in [0.1, 0.15) is 18.8 Å². The Labute approximate surface area is 153 Å². The fraction of sp³-hybridized carbons (Fsp3) is 0.167. The molecular weight excluding hydrogens is 358 g/mol. The second-order valence-electron chi connectivity index (χ2n) is 5.62. The molecule has 0 aliphatic carbocycles. The Morgan fingerprint density at radius 1 is 1.31 bits per heavy atom. The smallest absolute Gasteiger partial charge is 0.405 e. The van der Waals surface area contributed by atoms with E-state index in [0.717, 1.165) is 0 Å². The summed E-state index contributed by atoms with van der Waals surface area (Å²) in [6.07, 6.45) is -1.21. The highest BCUT2D eigenvalue weighted by Crippen LogP contribution is 2.24. The van der Waals surface area contributed by atoms with Gasteiger partial charge in [0, 0.05) is 6.07 Å². The monoisotopic (exact) mass is 373 g/mol. The number of rotatable bonds is 4. The minimum atomic E-state index is -1.21. The van der Waals surface area contributed by atoms with Gasteiger partial charge in [0.25, 0.3) is 5.56 Å². The van der Waals surface area contributed by atoms with Crippen LogP contribution in [0.4, 0.5) is 4.79 Å². The number of nitrogens with zero attached hydrogens (tertiary/aromatic N) is 2. The van der Waals surface area contributed by atoms with Crippen LogP contribution in [0.2, 0.25) is 5.02 Å². The molecular formula is C18H16ClN3O4. The second-order valence-corrected chi connectivity index (χ2v) is 6.02. The highest BCUT2D eigenvalue weighted by Gasteiger charge is 2.20. The molecule has 0 aliphatic heterocycles. The van der Waals surface area contributed by atoms with Gasteiger partial charge in [0.2, 0.25) is 0 Å². The van der Waals surface area contributed by atoms with Gasteiger partial charge in [-0.05, 0) is 31.2 Å². The molecule has 26 heavy (non-hydrogen) atoms. The number of carbonyl (C=O) groups is 1. The van der Waals surface area contributed by atoms with Gasteiger partial charge in [-0.2, -0.15) is 0 Å². The average molecular weight is 374 g/mol. The van der Waals surface area contributed by atoms with Crippen LogP contribution < -0.4 is 15.6 Å². The molecule has 1 unspecified atom stereocenters. The Morgan fingerprint density at radius 2 is 2.04 bits per heavy atom. The zero-order valence-corrected chi connectivity index (χ0v) is 14.8. The molecule has 0 radical (unpaired) electrons. The minimum absolute atomic E-state index is 0.250. The fourth-order valence-electron chi connectivity index (χ4n) is 2.75. The van der Waals surface area contributed by atoms with Gasteiger partial charge in [-0.25, -0.2) is 9.78 Å². The van der Waals surface area contributed by atoms with Gasteiger partial charge in [-0.15, -0.1) is 0 Å². The van der Waals surface area contributed by atoms with Crippen molar-refractivity contribution in [1.29, 1.82) is 0 Å². The molecule has 1 atom stereocenters. The third kappa shape index (κ3) is 3.21. The van der Waals surface area contributed by atoms with Crippen LogP contribution >= 0.6 is 11.6 Å². The van der Waals surface area contributed by atoms with Crippen LogP contribution in [-0.4, -0.2) is 27.9 Å². The molecule has 0 saturated carbocycles. The summed E-state index contributed by atoms with van der Waals surface area (Å²) in [5.74, 6) is 0.805. The van der Waals surface area contributed by atoms with Crippen molar-refractivity contribution in [3.05, 3.63) is 63.7 Å². The lowest BCUT2D eigenvalue weighted by Gasteiger charge is -2.19. The number of carboxylic acid groups (broad SMARTS) is 1. The first-order chi connectivity index (χ1) is 12.4. The molecule has 3 aromatic rings. The van der Waals surface area contributed by atoms with E-state index < -0.39 is 12.1 Å². The maximum atomic E-state index is 13.2. The number of amides is 1. The molecule has 0 saturated heterocycles. The maximum Gasteiger partial charge on any atom is 0.405 e. The van der Waals surface area contributed by atoms with Crippen molar-refractivity contribution in [2.45, 2.75) is 13.0 Å². The van der Waals surface area contributed by atoms with Crippen LogP contribution in [0.15, 0.2) is 47.3 Å². The summed E-state index contributed by atoms with van der Waals surface area (Å²) in [7, 11) is 1.52. The normalized spacial score (nSPS) is 12.0. The molecule has 1 heterocycles. The van der Waals surface area contributed by atoms with E-state index >= 15 is 0 Å². The van der Waals surface area contributed by atoms with Gasteiger partial charge in [0.05, 0.1) is 34.8 Å². The van der Waals surface area contributed by atoms with Crippen LogP contribution in [0, 0.1) is 0 Å². The summed E-state index contributed by atoms with van der Waals surface area (Å²) < 4.78 is 6.57. The standard InChI is InChI=1S/C18H16ClN3O4/c1-10(20-18(24)25)16-21-14-8-4-7-13(19)15(14)17(23)22(16)11-5-3-6-12(9-11)26-2/h3-10,20H,1-2H3,(H,24,25). The van der Waals surface area contributed by atoms with E-state index in [0.29, 0.717) is 17.0 Å². The van der Waals surface area contributed by atoms with Crippen LogP contribution in [-0.2, 0) is 0 Å². The van der Waals surface area contributed by atoms with Gasteiger partial charge < -0.3 is 15.2 Å². The summed E-state index contributed by atoms with van der Waals surface area (Å²) in [5, 5.41) is 11.9. The van der Waals surface area contributed by atoms with Gasteiger partial charge in [-0.1, -0.05) is 23.7 Å². The van der Waals surface area contributed by atoms with Crippen molar-refractivity contribution < 1.29 is 14.6 Å². The van der Waals surface area contributed by atoms with Gasteiger partial charge in [0.15, 0.2) is 0 Å². The molecule has 1 amide bonds. The third-order valence-corrected chi connectivity index (χ3v) is 4.23. The number of nitrogens with one attached hydrogen (secondary N) is 1. The molecule has 2 aromatic carbocycles. The quantitative estimate of drug-likeness (QED) is 0.731. The lowest BCUT2D eigenvalue weighted by Crippen LogP contribution is -2.32. The SMILES string of the molecule is COc1cccc(-n2c(C(C)NC(=O)O)nc3cccc(Cl)c3c2=O)c1. The Kier molecular flexibility index (Phi) is 4.81. The van der Waals surface area contributed by atoms with E-state index in [4.69, 9.17) is 21.4 Å². The van der Waals surface area contributed by atoms with Crippen LogP contribution in [0.5, 0.6) is 5.75 Å². The van der Waals surface area contributed by atoms with E-state index in [1.54, 1.807) is 49.4 Å². The van der Waals surface area contributed by atoms with E-state index in [1.807, 2.05) is 0 Å². The van der Waals surface area contributed by atoms with Crippen molar-refractivity contribution >= 4 is 28.6 Å². The predicted molar refractivity (Wildman–Crippen MR) is 98.5 cm³/mol. The number of ether oxygens (including phenoxy) is 1. The summed E-state index contributed by atoms with van der Waals surface area (Å²) >= 11 is 6.21. The molecule has 2 N–H and O–H groups in total. The summed E-state index contributed by atoms with van der Waals surface area (Å²) in [5.41, 5.74) is 0.510. The van der Waals surface area contributed by atoms with Gasteiger partial charge in [-0.3, -0.25) is 9.36 Å². The zero-order chi connectivity index (χ0) is 18.8. The summed E-state index contributed by atoms with van der Waals surface area (Å²) in [6.45, 7) is 1.61. The predicted octanol–water partition coefficient (Wildman–Crippen LogP) is 3.38.